The summed E-state index contributed by atoms with van der Waals surface area (Å²) >= 11 is 0. The fraction of sp³-hybridized carbons (Fsp3) is 0.579. The van der Waals surface area contributed by atoms with Gasteiger partial charge in [-0.15, -0.1) is 0 Å². The molecule has 0 radical (unpaired) electrons. The highest BCUT2D eigenvalue weighted by Crippen LogP contribution is 2.59. The molecule has 1 aliphatic heterocycles. The molecule has 0 bridgehead atoms. The normalized spacial score (nSPS) is 21.4. The van der Waals surface area contributed by atoms with Crippen LogP contribution in [0.15, 0.2) is 29.2 Å². The van der Waals surface area contributed by atoms with Crippen LogP contribution >= 0.6 is 0 Å². The molecular formula is C19H26N2O5S. The van der Waals surface area contributed by atoms with Crippen LogP contribution in [0.5, 0.6) is 0 Å². The highest BCUT2D eigenvalue weighted by molar-refractivity contribution is 7.89. The molecule has 148 valence electrons. The number of nitrogens with zero attached hydrogens (tertiary/aromatic N) is 1. The number of piperidine rings is 1. The summed E-state index contributed by atoms with van der Waals surface area (Å²) in [6.07, 6.45) is 2.13. The molecule has 1 heterocycles. The Morgan fingerprint density at radius 2 is 1.81 bits per heavy atom. The number of sulfonamides is 1. The number of carboxylic acids is 1. The number of benzene rings is 1. The summed E-state index contributed by atoms with van der Waals surface area (Å²) in [4.78, 5) is 25.7. The van der Waals surface area contributed by atoms with Crippen LogP contribution in [-0.4, -0.2) is 49.9 Å². The molecule has 2 aliphatic rings. The Bertz CT molecular complexity index is 824. The maximum Gasteiger partial charge on any atom is 0.307 e. The highest BCUT2D eigenvalue weighted by Gasteiger charge is 2.59. The van der Waals surface area contributed by atoms with Crippen LogP contribution in [0.25, 0.3) is 0 Å². The molecule has 2 fully saturated rings. The second-order valence-corrected chi connectivity index (χ2v) is 9.79. The van der Waals surface area contributed by atoms with E-state index in [9.17, 15) is 18.0 Å². The summed E-state index contributed by atoms with van der Waals surface area (Å²) in [5.41, 5.74) is 0.321. The number of nitrogens with one attached hydrogen (secondary N) is 1. The van der Waals surface area contributed by atoms with E-state index in [1.54, 1.807) is 4.90 Å². The predicted molar refractivity (Wildman–Crippen MR) is 99.8 cm³/mol. The molecule has 1 aliphatic carbocycles. The van der Waals surface area contributed by atoms with E-state index < -0.39 is 16.0 Å². The topological polar surface area (TPSA) is 104 Å². The van der Waals surface area contributed by atoms with Gasteiger partial charge in [-0.3, -0.25) is 9.59 Å². The predicted octanol–water partition coefficient (Wildman–Crippen LogP) is 1.95. The SMILES string of the molecule is CC(C)CNS(=O)(=O)c1ccc(C(=O)N2CCC3(CC2)CC3C(=O)O)cc1. The van der Waals surface area contributed by atoms with Crippen molar-refractivity contribution < 1.29 is 23.1 Å². The summed E-state index contributed by atoms with van der Waals surface area (Å²) in [5, 5.41) is 9.15. The van der Waals surface area contributed by atoms with Crippen molar-refractivity contribution in [2.45, 2.75) is 38.0 Å². The lowest BCUT2D eigenvalue weighted by atomic mass is 9.90. The van der Waals surface area contributed by atoms with E-state index in [1.165, 1.54) is 24.3 Å². The average molecular weight is 394 g/mol. The smallest absolute Gasteiger partial charge is 0.307 e. The summed E-state index contributed by atoms with van der Waals surface area (Å²) in [5.74, 6) is -0.943. The molecule has 3 rings (SSSR count). The minimum Gasteiger partial charge on any atom is -0.481 e. The maximum atomic E-state index is 12.7. The highest BCUT2D eigenvalue weighted by atomic mass is 32.2. The molecular weight excluding hydrogens is 368 g/mol. The van der Waals surface area contributed by atoms with Crippen LogP contribution in [0.2, 0.25) is 0 Å². The van der Waals surface area contributed by atoms with Crippen LogP contribution in [0.3, 0.4) is 0 Å². The van der Waals surface area contributed by atoms with Gasteiger partial charge in [-0.2, -0.15) is 0 Å². The molecule has 8 heteroatoms. The van der Waals surface area contributed by atoms with Crippen LogP contribution in [0, 0.1) is 17.3 Å². The molecule has 1 amide bonds. The first-order valence-corrected chi connectivity index (χ1v) is 10.7. The van der Waals surface area contributed by atoms with E-state index in [0.717, 1.165) is 0 Å². The van der Waals surface area contributed by atoms with Crippen LogP contribution in [0.1, 0.15) is 43.5 Å². The van der Waals surface area contributed by atoms with E-state index in [0.29, 0.717) is 44.5 Å². The number of carboxylic acid groups (broad SMARTS) is 1. The Morgan fingerprint density at radius 1 is 1.22 bits per heavy atom. The van der Waals surface area contributed by atoms with Crippen molar-refractivity contribution in [1.82, 2.24) is 9.62 Å². The second-order valence-electron chi connectivity index (χ2n) is 8.02. The third-order valence-corrected chi connectivity index (χ3v) is 7.07. The van der Waals surface area contributed by atoms with Gasteiger partial charge >= 0.3 is 5.97 Å². The molecule has 1 unspecified atom stereocenters. The minimum atomic E-state index is -3.57. The zero-order valence-electron chi connectivity index (χ0n) is 15.6. The molecule has 0 aromatic heterocycles. The molecule has 7 nitrogen and oxygen atoms in total. The van der Waals surface area contributed by atoms with Gasteiger partial charge in [0.15, 0.2) is 0 Å². The van der Waals surface area contributed by atoms with E-state index in [4.69, 9.17) is 5.11 Å². The van der Waals surface area contributed by atoms with Gasteiger partial charge in [-0.1, -0.05) is 13.8 Å². The molecule has 1 saturated heterocycles. The van der Waals surface area contributed by atoms with Crippen molar-refractivity contribution in [3.63, 3.8) is 0 Å². The van der Waals surface area contributed by atoms with E-state index >= 15 is 0 Å². The Hall–Kier alpha value is -1.93. The quantitative estimate of drug-likeness (QED) is 0.767. The summed E-state index contributed by atoms with van der Waals surface area (Å²) < 4.78 is 27.0. The first-order valence-electron chi connectivity index (χ1n) is 9.26. The molecule has 27 heavy (non-hydrogen) atoms. The molecule has 2 N–H and O–H groups in total. The lowest BCUT2D eigenvalue weighted by molar-refractivity contribution is -0.139. The first kappa shape index (κ1) is 19.8. The minimum absolute atomic E-state index is 0.122. The summed E-state index contributed by atoms with van der Waals surface area (Å²) in [7, 11) is -3.57. The lowest BCUT2D eigenvalue weighted by Gasteiger charge is -2.32. The van der Waals surface area contributed by atoms with Crippen molar-refractivity contribution in [3.8, 4) is 0 Å². The van der Waals surface area contributed by atoms with Gasteiger partial charge in [-0.05, 0) is 54.9 Å². The fourth-order valence-electron chi connectivity index (χ4n) is 3.72. The number of likely N-dealkylation sites (tertiary alicyclic amines) is 1. The van der Waals surface area contributed by atoms with Crippen molar-refractivity contribution in [1.29, 1.82) is 0 Å². The number of hydrogen-bond donors (Lipinski definition) is 2. The monoisotopic (exact) mass is 394 g/mol. The second kappa shape index (κ2) is 7.24. The fourth-order valence-corrected chi connectivity index (χ4v) is 4.94. The number of carbonyl (C=O) groups excluding carboxylic acids is 1. The molecule has 1 saturated carbocycles. The van der Waals surface area contributed by atoms with Gasteiger partial charge in [0.25, 0.3) is 5.91 Å². The van der Waals surface area contributed by atoms with E-state index in [-0.39, 0.29) is 28.1 Å². The lowest BCUT2D eigenvalue weighted by Crippen LogP contribution is -2.40. The van der Waals surface area contributed by atoms with Crippen molar-refractivity contribution in [2.75, 3.05) is 19.6 Å². The summed E-state index contributed by atoms with van der Waals surface area (Å²) in [6, 6.07) is 5.97. The number of rotatable bonds is 6. The third-order valence-electron chi connectivity index (χ3n) is 5.63. The molecule has 1 atom stereocenters. The Kier molecular flexibility index (Phi) is 5.31. The van der Waals surface area contributed by atoms with E-state index in [1.807, 2.05) is 13.8 Å². The Morgan fingerprint density at radius 3 is 2.30 bits per heavy atom. The zero-order valence-corrected chi connectivity index (χ0v) is 16.5. The average Bonchev–Trinajstić information content (AvgIpc) is 3.34. The number of amides is 1. The van der Waals surface area contributed by atoms with Crippen LogP contribution in [-0.2, 0) is 14.8 Å². The zero-order chi connectivity index (χ0) is 19.8. The van der Waals surface area contributed by atoms with Crippen molar-refractivity contribution in [2.24, 2.45) is 17.3 Å². The molecule has 1 spiro atoms. The van der Waals surface area contributed by atoms with Crippen molar-refractivity contribution in [3.05, 3.63) is 29.8 Å². The van der Waals surface area contributed by atoms with Gasteiger partial charge in [-0.25, -0.2) is 13.1 Å². The number of hydrogen-bond acceptors (Lipinski definition) is 4. The standard InChI is InChI=1S/C19H26N2O5S/c1-13(2)12-20-27(25,26)15-5-3-14(4-6-15)17(22)21-9-7-19(8-10-21)11-16(19)18(23)24/h3-6,13,16,20H,7-12H2,1-2H3,(H,23,24). The van der Waals surface area contributed by atoms with Crippen LogP contribution in [0.4, 0.5) is 0 Å². The molecule has 1 aromatic carbocycles. The number of carbonyl (C=O) groups is 2. The van der Waals surface area contributed by atoms with E-state index in [2.05, 4.69) is 4.72 Å². The van der Waals surface area contributed by atoms with Gasteiger partial charge < -0.3 is 10.0 Å². The third kappa shape index (κ3) is 4.16. The Labute approximate surface area is 159 Å². The van der Waals surface area contributed by atoms with Gasteiger partial charge in [0.2, 0.25) is 10.0 Å². The first-order chi connectivity index (χ1) is 12.6. The number of aliphatic carboxylic acids is 1. The molecule has 1 aromatic rings. The van der Waals surface area contributed by atoms with Gasteiger partial charge in [0.05, 0.1) is 10.8 Å². The van der Waals surface area contributed by atoms with Crippen LogP contribution < -0.4 is 4.72 Å². The Balaban J connectivity index is 1.61. The maximum absolute atomic E-state index is 12.7. The largest absolute Gasteiger partial charge is 0.481 e. The van der Waals surface area contributed by atoms with Gasteiger partial charge in [0, 0.05) is 25.2 Å². The summed E-state index contributed by atoms with van der Waals surface area (Å²) in [6.45, 7) is 5.29. The van der Waals surface area contributed by atoms with Crippen molar-refractivity contribution >= 4 is 21.9 Å². The van der Waals surface area contributed by atoms with Gasteiger partial charge in [0.1, 0.15) is 0 Å².